The Bertz CT molecular complexity index is 521. The summed E-state index contributed by atoms with van der Waals surface area (Å²) in [5.74, 6) is -1.06. The first-order valence-electron chi connectivity index (χ1n) is 4.80. The van der Waals surface area contributed by atoms with Gasteiger partial charge in [0.2, 0.25) is 0 Å². The van der Waals surface area contributed by atoms with Crippen LogP contribution in [0.3, 0.4) is 0 Å². The summed E-state index contributed by atoms with van der Waals surface area (Å²) in [6, 6.07) is 3.02. The zero-order valence-corrected chi connectivity index (χ0v) is 9.07. The van der Waals surface area contributed by atoms with Crippen LogP contribution in [0.2, 0.25) is 0 Å². The van der Waals surface area contributed by atoms with E-state index in [9.17, 15) is 4.79 Å². The Hall–Kier alpha value is -2.28. The molecule has 0 spiro atoms. The monoisotopic (exact) mass is 234 g/mol. The van der Waals surface area contributed by atoms with Crippen LogP contribution in [0.15, 0.2) is 24.5 Å². The Kier molecular flexibility index (Phi) is 3.10. The number of aromatic nitrogens is 4. The van der Waals surface area contributed by atoms with Crippen molar-refractivity contribution >= 4 is 5.97 Å². The highest BCUT2D eigenvalue weighted by Crippen LogP contribution is 2.06. The number of carboxylic acids is 1. The summed E-state index contributed by atoms with van der Waals surface area (Å²) in [5, 5.41) is 16.5. The number of pyridine rings is 1. The predicted octanol–water partition coefficient (Wildman–Crippen LogP) is 0.507. The first-order valence-corrected chi connectivity index (χ1v) is 4.80. The van der Waals surface area contributed by atoms with Crippen molar-refractivity contribution in [1.82, 2.24) is 20.0 Å². The van der Waals surface area contributed by atoms with E-state index >= 15 is 0 Å². The zero-order valence-electron chi connectivity index (χ0n) is 9.07. The average molecular weight is 234 g/mol. The van der Waals surface area contributed by atoms with E-state index in [1.165, 1.54) is 16.9 Å². The van der Waals surface area contributed by atoms with Crippen LogP contribution in [-0.2, 0) is 11.3 Å². The maximum Gasteiger partial charge on any atom is 0.354 e. The van der Waals surface area contributed by atoms with E-state index in [4.69, 9.17) is 9.84 Å². The minimum atomic E-state index is -1.06. The van der Waals surface area contributed by atoms with Crippen molar-refractivity contribution in [1.29, 1.82) is 0 Å². The van der Waals surface area contributed by atoms with Gasteiger partial charge in [0.25, 0.3) is 0 Å². The molecule has 7 nitrogen and oxygen atoms in total. The minimum absolute atomic E-state index is 0.00835. The van der Waals surface area contributed by atoms with Crippen LogP contribution in [0, 0.1) is 0 Å². The number of aromatic carboxylic acids is 1. The molecule has 0 aromatic carbocycles. The van der Waals surface area contributed by atoms with E-state index in [-0.39, 0.29) is 5.69 Å². The van der Waals surface area contributed by atoms with Gasteiger partial charge in [0.05, 0.1) is 24.7 Å². The van der Waals surface area contributed by atoms with Crippen molar-refractivity contribution in [2.75, 3.05) is 7.11 Å². The number of methoxy groups -OCH3 is 1. The molecule has 2 rings (SSSR count). The van der Waals surface area contributed by atoms with Gasteiger partial charge < -0.3 is 9.84 Å². The van der Waals surface area contributed by atoms with Gasteiger partial charge in [0, 0.05) is 7.11 Å². The molecule has 0 aliphatic heterocycles. The molecular weight excluding hydrogens is 224 g/mol. The SMILES string of the molecule is COCc1cn(-c2ccc(C(=O)O)nc2)nn1. The van der Waals surface area contributed by atoms with Gasteiger partial charge in [-0.1, -0.05) is 5.21 Å². The summed E-state index contributed by atoms with van der Waals surface area (Å²) in [5.41, 5.74) is 1.32. The van der Waals surface area contributed by atoms with Crippen LogP contribution in [-0.4, -0.2) is 38.2 Å². The number of carboxylic acid groups (broad SMARTS) is 1. The Morgan fingerprint density at radius 2 is 2.35 bits per heavy atom. The molecule has 0 fully saturated rings. The van der Waals surface area contributed by atoms with E-state index < -0.39 is 5.97 Å². The fourth-order valence-electron chi connectivity index (χ4n) is 1.29. The molecule has 7 heteroatoms. The molecule has 17 heavy (non-hydrogen) atoms. The fraction of sp³-hybridized carbons (Fsp3) is 0.200. The van der Waals surface area contributed by atoms with Crippen LogP contribution >= 0.6 is 0 Å². The van der Waals surface area contributed by atoms with Crippen LogP contribution in [0.5, 0.6) is 0 Å². The molecule has 2 aromatic heterocycles. The second-order valence-electron chi connectivity index (χ2n) is 3.29. The number of hydrogen-bond acceptors (Lipinski definition) is 5. The van der Waals surface area contributed by atoms with Crippen molar-refractivity contribution in [3.63, 3.8) is 0 Å². The van der Waals surface area contributed by atoms with Gasteiger partial charge in [-0.25, -0.2) is 14.5 Å². The highest BCUT2D eigenvalue weighted by molar-refractivity contribution is 5.85. The first kappa shape index (κ1) is 11.2. The Balaban J connectivity index is 2.23. The van der Waals surface area contributed by atoms with E-state index in [0.717, 1.165) is 0 Å². The van der Waals surface area contributed by atoms with Crippen LogP contribution < -0.4 is 0 Å². The summed E-state index contributed by atoms with van der Waals surface area (Å²) in [6.07, 6.45) is 3.12. The van der Waals surface area contributed by atoms with Crippen LogP contribution in [0.4, 0.5) is 0 Å². The molecule has 0 aliphatic carbocycles. The maximum atomic E-state index is 10.6. The van der Waals surface area contributed by atoms with Crippen molar-refractivity contribution in [3.8, 4) is 5.69 Å². The molecule has 0 amide bonds. The predicted molar refractivity (Wildman–Crippen MR) is 56.8 cm³/mol. The number of nitrogens with zero attached hydrogens (tertiary/aromatic N) is 4. The molecule has 88 valence electrons. The molecule has 0 radical (unpaired) electrons. The highest BCUT2D eigenvalue weighted by Gasteiger charge is 2.06. The van der Waals surface area contributed by atoms with Gasteiger partial charge >= 0.3 is 5.97 Å². The molecular formula is C10H10N4O3. The van der Waals surface area contributed by atoms with Gasteiger partial charge in [-0.05, 0) is 12.1 Å². The van der Waals surface area contributed by atoms with Crippen molar-refractivity contribution in [2.45, 2.75) is 6.61 Å². The zero-order chi connectivity index (χ0) is 12.3. The Labute approximate surface area is 96.7 Å². The highest BCUT2D eigenvalue weighted by atomic mass is 16.5. The average Bonchev–Trinajstić information content (AvgIpc) is 2.78. The topological polar surface area (TPSA) is 90.1 Å². The van der Waals surface area contributed by atoms with E-state index in [1.54, 1.807) is 19.4 Å². The molecule has 0 saturated heterocycles. The third-order valence-corrected chi connectivity index (χ3v) is 2.06. The van der Waals surface area contributed by atoms with Gasteiger partial charge in [-0.15, -0.1) is 5.10 Å². The minimum Gasteiger partial charge on any atom is -0.477 e. The largest absolute Gasteiger partial charge is 0.477 e. The number of rotatable bonds is 4. The normalized spacial score (nSPS) is 10.4. The quantitative estimate of drug-likeness (QED) is 0.828. The molecule has 0 atom stereocenters. The molecule has 0 unspecified atom stereocenters. The third-order valence-electron chi connectivity index (χ3n) is 2.06. The standard InChI is InChI=1S/C10H10N4O3/c1-17-6-7-5-14(13-12-7)8-2-3-9(10(15)16)11-4-8/h2-5H,6H2,1H3,(H,15,16). The van der Waals surface area contributed by atoms with Crippen molar-refractivity contribution < 1.29 is 14.6 Å². The van der Waals surface area contributed by atoms with E-state index in [1.807, 2.05) is 0 Å². The summed E-state index contributed by atoms with van der Waals surface area (Å²) < 4.78 is 6.43. The summed E-state index contributed by atoms with van der Waals surface area (Å²) >= 11 is 0. The molecule has 0 aliphatic rings. The Morgan fingerprint density at radius 3 is 2.94 bits per heavy atom. The summed E-state index contributed by atoms with van der Waals surface area (Å²) in [7, 11) is 1.57. The summed E-state index contributed by atoms with van der Waals surface area (Å²) in [4.78, 5) is 14.4. The molecule has 0 saturated carbocycles. The van der Waals surface area contributed by atoms with Gasteiger partial charge in [0.1, 0.15) is 11.4 Å². The van der Waals surface area contributed by atoms with Gasteiger partial charge in [0.15, 0.2) is 0 Å². The molecule has 0 bridgehead atoms. The molecule has 1 N–H and O–H groups in total. The third kappa shape index (κ3) is 2.45. The van der Waals surface area contributed by atoms with E-state index in [0.29, 0.717) is 18.0 Å². The number of ether oxygens (including phenoxy) is 1. The first-order chi connectivity index (χ1) is 8.20. The lowest BCUT2D eigenvalue weighted by Crippen LogP contribution is -2.02. The maximum absolute atomic E-state index is 10.6. The van der Waals surface area contributed by atoms with Crippen LogP contribution in [0.1, 0.15) is 16.2 Å². The van der Waals surface area contributed by atoms with Crippen molar-refractivity contribution in [3.05, 3.63) is 35.9 Å². The second-order valence-corrected chi connectivity index (χ2v) is 3.29. The number of hydrogen-bond donors (Lipinski definition) is 1. The number of carbonyl (C=O) groups is 1. The fourth-order valence-corrected chi connectivity index (χ4v) is 1.29. The Morgan fingerprint density at radius 1 is 1.53 bits per heavy atom. The lowest BCUT2D eigenvalue weighted by Gasteiger charge is -1.99. The molecule has 2 heterocycles. The van der Waals surface area contributed by atoms with Gasteiger partial charge in [-0.2, -0.15) is 0 Å². The van der Waals surface area contributed by atoms with Gasteiger partial charge in [-0.3, -0.25) is 0 Å². The van der Waals surface area contributed by atoms with Crippen molar-refractivity contribution in [2.24, 2.45) is 0 Å². The second kappa shape index (κ2) is 4.71. The lowest BCUT2D eigenvalue weighted by molar-refractivity contribution is 0.0690. The van der Waals surface area contributed by atoms with Crippen LogP contribution in [0.25, 0.3) is 5.69 Å². The molecule has 2 aromatic rings. The smallest absolute Gasteiger partial charge is 0.354 e. The summed E-state index contributed by atoms with van der Waals surface area (Å²) in [6.45, 7) is 0.376. The lowest BCUT2D eigenvalue weighted by atomic mass is 10.3. The van der Waals surface area contributed by atoms with E-state index in [2.05, 4.69) is 15.3 Å².